The number of hydrazine groups is 1. The number of nitrogens with one attached hydrogen (secondary N) is 1. The third-order valence-electron chi connectivity index (χ3n) is 3.37. The minimum absolute atomic E-state index is 0.0251. The highest BCUT2D eigenvalue weighted by Crippen LogP contribution is 2.30. The Kier molecular flexibility index (Phi) is 3.76. The Morgan fingerprint density at radius 1 is 1.47 bits per heavy atom. The normalized spacial score (nSPS) is 26.1. The summed E-state index contributed by atoms with van der Waals surface area (Å²) in [5.41, 5.74) is 4.22. The zero-order chi connectivity index (χ0) is 12.4. The lowest BCUT2D eigenvalue weighted by molar-refractivity contribution is 0.0315. The maximum atomic E-state index is 13.5. The number of benzene rings is 1. The van der Waals surface area contributed by atoms with Crippen LogP contribution in [0, 0.1) is 12.7 Å². The van der Waals surface area contributed by atoms with Gasteiger partial charge in [-0.3, -0.25) is 11.3 Å². The number of halogens is 1. The van der Waals surface area contributed by atoms with E-state index in [1.807, 2.05) is 13.0 Å². The Hall–Kier alpha value is -0.970. The standard InChI is InChI=1S/C13H19FN2O/c1-8-3-5-10(7-11(8)14)13(16-15)12-6-4-9(2)17-12/h3,5,7,9,12-13,16H,4,6,15H2,1-2H3. The first kappa shape index (κ1) is 12.5. The number of aryl methyl sites for hydroxylation is 1. The molecule has 2 rings (SSSR count). The minimum Gasteiger partial charge on any atom is -0.373 e. The lowest BCUT2D eigenvalue weighted by Crippen LogP contribution is -2.36. The van der Waals surface area contributed by atoms with Gasteiger partial charge in [-0.25, -0.2) is 4.39 Å². The highest BCUT2D eigenvalue weighted by atomic mass is 19.1. The Morgan fingerprint density at radius 3 is 2.76 bits per heavy atom. The molecule has 1 aromatic carbocycles. The molecule has 3 N–H and O–H groups in total. The number of ether oxygens (including phenoxy) is 1. The van der Waals surface area contributed by atoms with E-state index in [-0.39, 0.29) is 24.1 Å². The zero-order valence-electron chi connectivity index (χ0n) is 10.2. The molecule has 0 amide bonds. The second-order valence-corrected chi connectivity index (χ2v) is 4.72. The Labute approximate surface area is 101 Å². The Morgan fingerprint density at radius 2 is 2.24 bits per heavy atom. The van der Waals surface area contributed by atoms with Crippen molar-refractivity contribution >= 4 is 0 Å². The third-order valence-corrected chi connectivity index (χ3v) is 3.37. The molecule has 3 nitrogen and oxygen atoms in total. The molecule has 0 aromatic heterocycles. The van der Waals surface area contributed by atoms with Crippen molar-refractivity contribution in [3.63, 3.8) is 0 Å². The third kappa shape index (κ3) is 2.65. The van der Waals surface area contributed by atoms with Gasteiger partial charge in [-0.05, 0) is 43.9 Å². The quantitative estimate of drug-likeness (QED) is 0.627. The van der Waals surface area contributed by atoms with Gasteiger partial charge in [0.1, 0.15) is 5.82 Å². The van der Waals surface area contributed by atoms with Crippen molar-refractivity contribution in [1.29, 1.82) is 0 Å². The van der Waals surface area contributed by atoms with Gasteiger partial charge in [0.25, 0.3) is 0 Å². The van der Waals surface area contributed by atoms with Gasteiger partial charge in [-0.15, -0.1) is 0 Å². The molecule has 17 heavy (non-hydrogen) atoms. The van der Waals surface area contributed by atoms with Crippen LogP contribution >= 0.6 is 0 Å². The lowest BCUT2D eigenvalue weighted by Gasteiger charge is -2.23. The van der Waals surface area contributed by atoms with Gasteiger partial charge in [-0.2, -0.15) is 0 Å². The average Bonchev–Trinajstić information content (AvgIpc) is 2.71. The molecule has 1 saturated heterocycles. The maximum Gasteiger partial charge on any atom is 0.126 e. The van der Waals surface area contributed by atoms with Crippen molar-refractivity contribution in [2.45, 2.75) is 44.9 Å². The van der Waals surface area contributed by atoms with Crippen LogP contribution in [0.2, 0.25) is 0 Å². The number of rotatable bonds is 3. The van der Waals surface area contributed by atoms with Gasteiger partial charge in [0.2, 0.25) is 0 Å². The van der Waals surface area contributed by atoms with Crippen molar-refractivity contribution in [2.75, 3.05) is 0 Å². The molecular formula is C13H19FN2O. The molecule has 1 aliphatic rings. The monoisotopic (exact) mass is 238 g/mol. The van der Waals surface area contributed by atoms with Gasteiger partial charge in [0.15, 0.2) is 0 Å². The summed E-state index contributed by atoms with van der Waals surface area (Å²) in [5.74, 6) is 5.37. The SMILES string of the molecule is Cc1ccc(C(NN)C2CCC(C)O2)cc1F. The van der Waals surface area contributed by atoms with Crippen LogP contribution < -0.4 is 11.3 Å². The molecule has 3 atom stereocenters. The van der Waals surface area contributed by atoms with E-state index in [4.69, 9.17) is 10.6 Å². The van der Waals surface area contributed by atoms with Crippen LogP contribution in [0.3, 0.4) is 0 Å². The van der Waals surface area contributed by atoms with E-state index >= 15 is 0 Å². The second kappa shape index (κ2) is 5.12. The first-order chi connectivity index (χ1) is 8.11. The van der Waals surface area contributed by atoms with Crippen molar-refractivity contribution in [3.05, 3.63) is 35.1 Å². The zero-order valence-corrected chi connectivity index (χ0v) is 10.2. The fourth-order valence-corrected chi connectivity index (χ4v) is 2.30. The average molecular weight is 238 g/mol. The van der Waals surface area contributed by atoms with Crippen LogP contribution in [0.5, 0.6) is 0 Å². The van der Waals surface area contributed by atoms with E-state index in [1.165, 1.54) is 6.07 Å². The molecule has 1 aliphatic heterocycles. The van der Waals surface area contributed by atoms with Crippen LogP contribution in [-0.4, -0.2) is 12.2 Å². The smallest absolute Gasteiger partial charge is 0.126 e. The predicted molar refractivity (Wildman–Crippen MR) is 64.8 cm³/mol. The Bertz CT molecular complexity index is 397. The molecular weight excluding hydrogens is 219 g/mol. The van der Waals surface area contributed by atoms with Crippen molar-refractivity contribution < 1.29 is 9.13 Å². The van der Waals surface area contributed by atoms with E-state index in [9.17, 15) is 4.39 Å². The van der Waals surface area contributed by atoms with E-state index in [0.29, 0.717) is 5.56 Å². The summed E-state index contributed by atoms with van der Waals surface area (Å²) in [5, 5.41) is 0. The molecule has 1 aromatic rings. The molecule has 0 saturated carbocycles. The maximum absolute atomic E-state index is 13.5. The molecule has 0 spiro atoms. The largest absolute Gasteiger partial charge is 0.373 e. The van der Waals surface area contributed by atoms with E-state index in [1.54, 1.807) is 13.0 Å². The van der Waals surface area contributed by atoms with Gasteiger partial charge >= 0.3 is 0 Å². The molecule has 0 aliphatic carbocycles. The van der Waals surface area contributed by atoms with Crippen molar-refractivity contribution in [3.8, 4) is 0 Å². The second-order valence-electron chi connectivity index (χ2n) is 4.72. The molecule has 4 heteroatoms. The van der Waals surface area contributed by atoms with Crippen LogP contribution in [0.25, 0.3) is 0 Å². The van der Waals surface area contributed by atoms with Gasteiger partial charge in [0, 0.05) is 0 Å². The molecule has 0 bridgehead atoms. The summed E-state index contributed by atoms with van der Waals surface area (Å²) in [7, 11) is 0. The summed E-state index contributed by atoms with van der Waals surface area (Å²) in [6.45, 7) is 3.79. The summed E-state index contributed by atoms with van der Waals surface area (Å²) in [6, 6.07) is 5.06. The molecule has 1 fully saturated rings. The van der Waals surface area contributed by atoms with Crippen LogP contribution in [-0.2, 0) is 4.74 Å². The van der Waals surface area contributed by atoms with E-state index in [2.05, 4.69) is 5.43 Å². The van der Waals surface area contributed by atoms with E-state index < -0.39 is 0 Å². The fourth-order valence-electron chi connectivity index (χ4n) is 2.30. The first-order valence-electron chi connectivity index (χ1n) is 5.99. The summed E-state index contributed by atoms with van der Waals surface area (Å²) < 4.78 is 19.3. The van der Waals surface area contributed by atoms with Gasteiger partial charge < -0.3 is 4.74 Å². The fraction of sp³-hybridized carbons (Fsp3) is 0.538. The van der Waals surface area contributed by atoms with Crippen LogP contribution in [0.15, 0.2) is 18.2 Å². The molecule has 1 heterocycles. The molecule has 3 unspecified atom stereocenters. The van der Waals surface area contributed by atoms with Crippen molar-refractivity contribution in [1.82, 2.24) is 5.43 Å². The number of hydrogen-bond acceptors (Lipinski definition) is 3. The van der Waals surface area contributed by atoms with Crippen LogP contribution in [0.1, 0.15) is 36.9 Å². The topological polar surface area (TPSA) is 47.3 Å². The van der Waals surface area contributed by atoms with Crippen LogP contribution in [0.4, 0.5) is 4.39 Å². The number of nitrogens with two attached hydrogens (primary N) is 1. The summed E-state index contributed by atoms with van der Waals surface area (Å²) in [6.07, 6.45) is 2.26. The van der Waals surface area contributed by atoms with Crippen molar-refractivity contribution in [2.24, 2.45) is 5.84 Å². The van der Waals surface area contributed by atoms with Gasteiger partial charge in [-0.1, -0.05) is 12.1 Å². The molecule has 0 radical (unpaired) electrons. The summed E-state index contributed by atoms with van der Waals surface area (Å²) >= 11 is 0. The highest BCUT2D eigenvalue weighted by molar-refractivity contribution is 5.26. The minimum atomic E-state index is -0.200. The lowest BCUT2D eigenvalue weighted by atomic mass is 9.98. The highest BCUT2D eigenvalue weighted by Gasteiger charge is 2.30. The molecule has 94 valence electrons. The van der Waals surface area contributed by atoms with Gasteiger partial charge in [0.05, 0.1) is 18.2 Å². The summed E-state index contributed by atoms with van der Waals surface area (Å²) in [4.78, 5) is 0. The van der Waals surface area contributed by atoms with E-state index in [0.717, 1.165) is 18.4 Å². The Balaban J connectivity index is 2.20. The predicted octanol–water partition coefficient (Wildman–Crippen LogP) is 2.21. The first-order valence-corrected chi connectivity index (χ1v) is 5.99. The number of hydrogen-bond donors (Lipinski definition) is 2.